The fourth-order valence-electron chi connectivity index (χ4n) is 0.723. The first-order valence-corrected chi connectivity index (χ1v) is 3.05. The van der Waals surface area contributed by atoms with Crippen LogP contribution in [0.3, 0.4) is 0 Å². The summed E-state index contributed by atoms with van der Waals surface area (Å²) in [6, 6.07) is 9.73. The molecule has 0 unspecified atom stereocenters. The Hall–Kier alpha value is -1.28. The van der Waals surface area contributed by atoms with Crippen LogP contribution in [0, 0.1) is 0 Å². The van der Waals surface area contributed by atoms with E-state index < -0.39 is 0 Å². The molecule has 0 aromatic heterocycles. The first-order valence-electron chi connectivity index (χ1n) is 3.05. The molecule has 0 saturated carbocycles. The number of nitrogens with one attached hydrogen (secondary N) is 1. The average Bonchev–Trinajstić information content (AvgIpc) is 2.05. The molecule has 3 N–H and O–H groups in total. The van der Waals surface area contributed by atoms with Crippen LogP contribution in [-0.2, 0) is 0 Å². The SMILES string of the molecule is C=C(NN)c1ccccc1. The molecule has 0 aliphatic rings. The van der Waals surface area contributed by atoms with Crippen molar-refractivity contribution in [1.29, 1.82) is 0 Å². The highest BCUT2D eigenvalue weighted by atomic mass is 15.2. The quantitative estimate of drug-likeness (QED) is 0.470. The fraction of sp³-hybridized carbons (Fsp3) is 0. The Morgan fingerprint density at radius 1 is 1.30 bits per heavy atom. The smallest absolute Gasteiger partial charge is 0.0485 e. The second-order valence-corrected chi connectivity index (χ2v) is 1.99. The number of hydrogen-bond donors (Lipinski definition) is 2. The van der Waals surface area contributed by atoms with Gasteiger partial charge in [-0.2, -0.15) is 0 Å². The van der Waals surface area contributed by atoms with E-state index in [0.29, 0.717) is 0 Å². The van der Waals surface area contributed by atoms with Crippen LogP contribution >= 0.6 is 0 Å². The summed E-state index contributed by atoms with van der Waals surface area (Å²) in [5.74, 6) is 5.15. The number of nitrogens with two attached hydrogens (primary N) is 1. The normalized spacial score (nSPS) is 8.90. The molecule has 0 amide bonds. The zero-order chi connectivity index (χ0) is 7.40. The van der Waals surface area contributed by atoms with Gasteiger partial charge < -0.3 is 5.43 Å². The fourth-order valence-corrected chi connectivity index (χ4v) is 0.723. The molecule has 1 aromatic rings. The van der Waals surface area contributed by atoms with Crippen LogP contribution in [0.15, 0.2) is 36.9 Å². The van der Waals surface area contributed by atoms with Crippen LogP contribution in [0.2, 0.25) is 0 Å². The molecule has 52 valence electrons. The molecule has 0 bridgehead atoms. The lowest BCUT2D eigenvalue weighted by molar-refractivity contribution is 0.995. The van der Waals surface area contributed by atoms with Gasteiger partial charge in [-0.3, -0.25) is 5.84 Å². The van der Waals surface area contributed by atoms with Gasteiger partial charge in [0.25, 0.3) is 0 Å². The van der Waals surface area contributed by atoms with Crippen molar-refractivity contribution in [3.63, 3.8) is 0 Å². The number of rotatable bonds is 2. The van der Waals surface area contributed by atoms with E-state index in [9.17, 15) is 0 Å². The van der Waals surface area contributed by atoms with Gasteiger partial charge in [0.15, 0.2) is 0 Å². The van der Waals surface area contributed by atoms with Crippen molar-refractivity contribution in [2.45, 2.75) is 0 Å². The predicted molar refractivity (Wildman–Crippen MR) is 42.8 cm³/mol. The second-order valence-electron chi connectivity index (χ2n) is 1.99. The highest BCUT2D eigenvalue weighted by Gasteiger charge is 1.90. The minimum Gasteiger partial charge on any atom is -0.324 e. The maximum atomic E-state index is 5.15. The molecule has 0 spiro atoms. The van der Waals surface area contributed by atoms with E-state index in [1.807, 2.05) is 30.3 Å². The van der Waals surface area contributed by atoms with Crippen LogP contribution in [-0.4, -0.2) is 0 Å². The van der Waals surface area contributed by atoms with Crippen molar-refractivity contribution in [1.82, 2.24) is 5.43 Å². The summed E-state index contributed by atoms with van der Waals surface area (Å²) < 4.78 is 0. The Kier molecular flexibility index (Phi) is 2.07. The van der Waals surface area contributed by atoms with Crippen LogP contribution in [0.1, 0.15) is 5.56 Å². The molecule has 2 heteroatoms. The molecule has 0 heterocycles. The molecule has 1 aromatic carbocycles. The Labute approximate surface area is 60.3 Å². The van der Waals surface area contributed by atoms with Gasteiger partial charge >= 0.3 is 0 Å². The van der Waals surface area contributed by atoms with Gasteiger partial charge in [0.1, 0.15) is 0 Å². The van der Waals surface area contributed by atoms with Crippen molar-refractivity contribution < 1.29 is 0 Å². The molecule has 0 aliphatic carbocycles. The van der Waals surface area contributed by atoms with Gasteiger partial charge in [-0.25, -0.2) is 0 Å². The average molecular weight is 134 g/mol. The summed E-state index contributed by atoms with van der Waals surface area (Å²) in [6.07, 6.45) is 0. The van der Waals surface area contributed by atoms with Gasteiger partial charge in [-0.05, 0) is 5.56 Å². The Morgan fingerprint density at radius 2 is 1.90 bits per heavy atom. The third kappa shape index (κ3) is 1.36. The number of hydrogen-bond acceptors (Lipinski definition) is 2. The number of hydrazine groups is 1. The molecular weight excluding hydrogens is 124 g/mol. The zero-order valence-corrected chi connectivity index (χ0v) is 5.67. The van der Waals surface area contributed by atoms with Crippen LogP contribution in [0.4, 0.5) is 0 Å². The maximum Gasteiger partial charge on any atom is 0.0485 e. The maximum absolute atomic E-state index is 5.15. The Morgan fingerprint density at radius 3 is 2.40 bits per heavy atom. The summed E-state index contributed by atoms with van der Waals surface area (Å²) in [4.78, 5) is 0. The van der Waals surface area contributed by atoms with Crippen molar-refractivity contribution in [3.8, 4) is 0 Å². The highest BCUT2D eigenvalue weighted by molar-refractivity contribution is 5.60. The van der Waals surface area contributed by atoms with E-state index in [4.69, 9.17) is 5.84 Å². The molecule has 0 fully saturated rings. The van der Waals surface area contributed by atoms with E-state index in [1.54, 1.807) is 0 Å². The van der Waals surface area contributed by atoms with E-state index in [2.05, 4.69) is 12.0 Å². The van der Waals surface area contributed by atoms with Crippen molar-refractivity contribution in [2.24, 2.45) is 5.84 Å². The second kappa shape index (κ2) is 3.03. The molecule has 10 heavy (non-hydrogen) atoms. The van der Waals surface area contributed by atoms with Crippen LogP contribution in [0.5, 0.6) is 0 Å². The standard InChI is InChI=1S/C8H10N2/c1-7(10-9)8-5-3-2-4-6-8/h2-6,10H,1,9H2. The van der Waals surface area contributed by atoms with Gasteiger partial charge in [-0.1, -0.05) is 36.9 Å². The lowest BCUT2D eigenvalue weighted by atomic mass is 10.2. The Balaban J connectivity index is 2.85. The van der Waals surface area contributed by atoms with Gasteiger partial charge in [0, 0.05) is 5.70 Å². The summed E-state index contributed by atoms with van der Waals surface area (Å²) in [6.45, 7) is 3.71. The zero-order valence-electron chi connectivity index (χ0n) is 5.67. The topological polar surface area (TPSA) is 38.0 Å². The molecule has 1 rings (SSSR count). The Bertz CT molecular complexity index is 216. The van der Waals surface area contributed by atoms with E-state index in [0.717, 1.165) is 11.3 Å². The third-order valence-electron chi connectivity index (χ3n) is 1.30. The summed E-state index contributed by atoms with van der Waals surface area (Å²) in [5, 5.41) is 0. The molecule has 0 atom stereocenters. The van der Waals surface area contributed by atoms with Gasteiger partial charge in [0.2, 0.25) is 0 Å². The summed E-state index contributed by atoms with van der Waals surface area (Å²) in [5.41, 5.74) is 4.24. The molecule has 0 radical (unpaired) electrons. The van der Waals surface area contributed by atoms with Crippen molar-refractivity contribution >= 4 is 5.70 Å². The lowest BCUT2D eigenvalue weighted by Crippen LogP contribution is -2.18. The molecule has 0 aliphatic heterocycles. The molecule has 0 saturated heterocycles. The van der Waals surface area contributed by atoms with Crippen LogP contribution in [0.25, 0.3) is 5.70 Å². The third-order valence-corrected chi connectivity index (χ3v) is 1.30. The van der Waals surface area contributed by atoms with E-state index >= 15 is 0 Å². The van der Waals surface area contributed by atoms with Gasteiger partial charge in [0.05, 0.1) is 0 Å². The lowest BCUT2D eigenvalue weighted by Gasteiger charge is -2.02. The summed E-state index contributed by atoms with van der Waals surface area (Å²) >= 11 is 0. The minimum atomic E-state index is 0.737. The highest BCUT2D eigenvalue weighted by Crippen LogP contribution is 2.05. The van der Waals surface area contributed by atoms with E-state index in [-0.39, 0.29) is 0 Å². The molecule has 2 nitrogen and oxygen atoms in total. The van der Waals surface area contributed by atoms with Crippen molar-refractivity contribution in [3.05, 3.63) is 42.5 Å². The number of benzene rings is 1. The first kappa shape index (κ1) is 6.83. The molecular formula is C8H10N2. The van der Waals surface area contributed by atoms with Crippen LogP contribution < -0.4 is 11.3 Å². The first-order chi connectivity index (χ1) is 4.84. The monoisotopic (exact) mass is 134 g/mol. The van der Waals surface area contributed by atoms with E-state index in [1.165, 1.54) is 0 Å². The van der Waals surface area contributed by atoms with Crippen molar-refractivity contribution in [2.75, 3.05) is 0 Å². The summed E-state index contributed by atoms with van der Waals surface area (Å²) in [7, 11) is 0. The largest absolute Gasteiger partial charge is 0.324 e. The minimum absolute atomic E-state index is 0.737. The predicted octanol–water partition coefficient (Wildman–Crippen LogP) is 1.12. The van der Waals surface area contributed by atoms with Gasteiger partial charge in [-0.15, -0.1) is 0 Å².